The average Bonchev–Trinajstić information content (AvgIpc) is 2.68. The molecular weight excluding hydrogens is 260 g/mol. The highest BCUT2D eigenvalue weighted by Crippen LogP contribution is 2.39. The van der Waals surface area contributed by atoms with Crippen molar-refractivity contribution in [2.75, 3.05) is 6.61 Å². The van der Waals surface area contributed by atoms with E-state index in [4.69, 9.17) is 10.5 Å². The summed E-state index contributed by atoms with van der Waals surface area (Å²) in [6.45, 7) is 2.53. The third kappa shape index (κ3) is 3.18. The lowest BCUT2D eigenvalue weighted by atomic mass is 9.82. The fourth-order valence-corrected chi connectivity index (χ4v) is 3.17. The van der Waals surface area contributed by atoms with Crippen LogP contribution in [0.25, 0.3) is 0 Å². The van der Waals surface area contributed by atoms with E-state index in [-0.39, 0.29) is 0 Å². The van der Waals surface area contributed by atoms with Crippen molar-refractivity contribution in [1.29, 1.82) is 0 Å². The first kappa shape index (κ1) is 15.4. The van der Waals surface area contributed by atoms with Crippen LogP contribution in [-0.4, -0.2) is 12.2 Å². The van der Waals surface area contributed by atoms with Gasteiger partial charge in [0.1, 0.15) is 0 Å². The van der Waals surface area contributed by atoms with Crippen LogP contribution < -0.4 is 5.73 Å². The molecule has 2 N–H and O–H groups in total. The molecule has 2 nitrogen and oxygen atoms in total. The number of hydrogen-bond acceptors (Lipinski definition) is 2. The molecule has 1 aliphatic rings. The van der Waals surface area contributed by atoms with Gasteiger partial charge in [0.25, 0.3) is 0 Å². The van der Waals surface area contributed by atoms with E-state index in [1.54, 1.807) is 6.07 Å². The molecule has 0 radical (unpaired) electrons. The summed E-state index contributed by atoms with van der Waals surface area (Å²) >= 11 is 0. The molecule has 1 saturated carbocycles. The molecular formula is C16H23F2NO. The summed E-state index contributed by atoms with van der Waals surface area (Å²) in [7, 11) is 0. The summed E-state index contributed by atoms with van der Waals surface area (Å²) in [5.41, 5.74) is 6.53. The van der Waals surface area contributed by atoms with Gasteiger partial charge >= 0.3 is 0 Å². The molecule has 1 aromatic rings. The Kier molecular flexibility index (Phi) is 5.11. The van der Waals surface area contributed by atoms with Crippen LogP contribution in [-0.2, 0) is 4.74 Å². The molecule has 0 bridgehead atoms. The summed E-state index contributed by atoms with van der Waals surface area (Å²) in [5, 5.41) is 0. The molecule has 0 saturated heterocycles. The Bertz CT molecular complexity index is 442. The van der Waals surface area contributed by atoms with Gasteiger partial charge < -0.3 is 10.5 Å². The Morgan fingerprint density at radius 2 is 1.80 bits per heavy atom. The normalized spacial score (nSPS) is 20.4. The maximum atomic E-state index is 13.4. The number of ether oxygens (including phenoxy) is 1. The van der Waals surface area contributed by atoms with Gasteiger partial charge in [-0.1, -0.05) is 31.7 Å². The third-order valence-corrected chi connectivity index (χ3v) is 4.25. The van der Waals surface area contributed by atoms with Crippen molar-refractivity contribution in [3.05, 3.63) is 35.4 Å². The van der Waals surface area contributed by atoms with E-state index in [9.17, 15) is 8.78 Å². The Hall–Kier alpha value is -1.00. The highest BCUT2D eigenvalue weighted by Gasteiger charge is 2.38. The van der Waals surface area contributed by atoms with Crippen molar-refractivity contribution in [3.8, 4) is 0 Å². The van der Waals surface area contributed by atoms with Gasteiger partial charge in [-0.25, -0.2) is 8.78 Å². The van der Waals surface area contributed by atoms with E-state index < -0.39 is 23.3 Å². The molecule has 1 aliphatic carbocycles. The van der Waals surface area contributed by atoms with Crippen LogP contribution in [0.4, 0.5) is 8.78 Å². The maximum Gasteiger partial charge on any atom is 0.159 e. The van der Waals surface area contributed by atoms with Gasteiger partial charge in [-0.05, 0) is 37.5 Å². The number of rotatable bonds is 4. The minimum atomic E-state index is -0.849. The Morgan fingerprint density at radius 3 is 2.35 bits per heavy atom. The SMILES string of the molecule is CCOC1(C(N)c2ccc(F)c(F)c2)CCCCCC1. The first-order valence-electron chi connectivity index (χ1n) is 7.43. The second-order valence-electron chi connectivity index (χ2n) is 5.56. The van der Waals surface area contributed by atoms with Gasteiger partial charge in [0.15, 0.2) is 11.6 Å². The van der Waals surface area contributed by atoms with E-state index >= 15 is 0 Å². The number of halogens is 2. The molecule has 112 valence electrons. The maximum absolute atomic E-state index is 13.4. The molecule has 1 fully saturated rings. The average molecular weight is 283 g/mol. The van der Waals surface area contributed by atoms with Crippen LogP contribution >= 0.6 is 0 Å². The second kappa shape index (κ2) is 6.64. The van der Waals surface area contributed by atoms with Crippen LogP contribution in [0.3, 0.4) is 0 Å². The minimum absolute atomic E-state index is 0.421. The predicted octanol–water partition coefficient (Wildman–Crippen LogP) is 4.09. The first-order chi connectivity index (χ1) is 9.59. The second-order valence-corrected chi connectivity index (χ2v) is 5.56. The van der Waals surface area contributed by atoms with E-state index in [0.29, 0.717) is 12.2 Å². The van der Waals surface area contributed by atoms with E-state index in [1.165, 1.54) is 18.9 Å². The molecule has 1 unspecified atom stereocenters. The van der Waals surface area contributed by atoms with E-state index in [1.807, 2.05) is 6.92 Å². The smallest absolute Gasteiger partial charge is 0.159 e. The van der Waals surface area contributed by atoms with Gasteiger partial charge in [0.2, 0.25) is 0 Å². The zero-order chi connectivity index (χ0) is 14.6. The molecule has 1 atom stereocenters. The van der Waals surface area contributed by atoms with Crippen molar-refractivity contribution in [1.82, 2.24) is 0 Å². The lowest BCUT2D eigenvalue weighted by Gasteiger charge is -2.38. The molecule has 0 aliphatic heterocycles. The van der Waals surface area contributed by atoms with Crippen molar-refractivity contribution in [2.24, 2.45) is 5.73 Å². The van der Waals surface area contributed by atoms with Gasteiger partial charge in [0.05, 0.1) is 11.6 Å². The standard InChI is InChI=1S/C16H23F2NO/c1-2-20-16(9-5-3-4-6-10-16)15(19)12-7-8-13(17)14(18)11-12/h7-8,11,15H,2-6,9-10,19H2,1H3. The number of hydrogen-bond donors (Lipinski definition) is 1. The highest BCUT2D eigenvalue weighted by atomic mass is 19.2. The summed E-state index contributed by atoms with van der Waals surface area (Å²) in [6, 6.07) is 3.48. The van der Waals surface area contributed by atoms with Gasteiger partial charge in [-0.15, -0.1) is 0 Å². The minimum Gasteiger partial charge on any atom is -0.373 e. The lowest BCUT2D eigenvalue weighted by molar-refractivity contribution is -0.0696. The fourth-order valence-electron chi connectivity index (χ4n) is 3.17. The third-order valence-electron chi connectivity index (χ3n) is 4.25. The van der Waals surface area contributed by atoms with E-state index in [2.05, 4.69) is 0 Å². The number of nitrogens with two attached hydrogens (primary N) is 1. The van der Waals surface area contributed by atoms with Crippen molar-refractivity contribution in [3.63, 3.8) is 0 Å². The largest absolute Gasteiger partial charge is 0.373 e. The molecule has 20 heavy (non-hydrogen) atoms. The highest BCUT2D eigenvalue weighted by molar-refractivity contribution is 5.24. The fraction of sp³-hybridized carbons (Fsp3) is 0.625. The van der Waals surface area contributed by atoms with Crippen LogP contribution in [0.2, 0.25) is 0 Å². The number of benzene rings is 1. The zero-order valence-corrected chi connectivity index (χ0v) is 12.0. The first-order valence-corrected chi connectivity index (χ1v) is 7.43. The Labute approximate surface area is 119 Å². The molecule has 0 spiro atoms. The van der Waals surface area contributed by atoms with Gasteiger partial charge in [-0.2, -0.15) is 0 Å². The van der Waals surface area contributed by atoms with Crippen LogP contribution in [0.15, 0.2) is 18.2 Å². The van der Waals surface area contributed by atoms with Gasteiger partial charge in [-0.3, -0.25) is 0 Å². The van der Waals surface area contributed by atoms with E-state index in [0.717, 1.165) is 31.7 Å². The monoisotopic (exact) mass is 283 g/mol. The Morgan fingerprint density at radius 1 is 1.15 bits per heavy atom. The molecule has 0 aromatic heterocycles. The van der Waals surface area contributed by atoms with Gasteiger partial charge in [0, 0.05) is 6.61 Å². The molecule has 1 aromatic carbocycles. The summed E-state index contributed by atoms with van der Waals surface area (Å²) in [4.78, 5) is 0. The zero-order valence-electron chi connectivity index (χ0n) is 12.0. The predicted molar refractivity (Wildman–Crippen MR) is 75.3 cm³/mol. The van der Waals surface area contributed by atoms with Crippen LogP contribution in [0, 0.1) is 11.6 Å². The molecule has 4 heteroatoms. The molecule has 0 heterocycles. The van der Waals surface area contributed by atoms with Crippen molar-refractivity contribution in [2.45, 2.75) is 57.1 Å². The van der Waals surface area contributed by atoms with Crippen LogP contribution in [0.5, 0.6) is 0 Å². The quantitative estimate of drug-likeness (QED) is 0.845. The summed E-state index contributed by atoms with van der Waals surface area (Å²) in [6.07, 6.45) is 6.25. The molecule has 2 rings (SSSR count). The summed E-state index contributed by atoms with van der Waals surface area (Å²) < 4.78 is 32.5. The molecule has 0 amide bonds. The van der Waals surface area contributed by atoms with Crippen LogP contribution in [0.1, 0.15) is 57.1 Å². The summed E-state index contributed by atoms with van der Waals surface area (Å²) in [5.74, 6) is -1.69. The van der Waals surface area contributed by atoms with Crippen molar-refractivity contribution < 1.29 is 13.5 Å². The Balaban J connectivity index is 2.29. The van der Waals surface area contributed by atoms with Crippen molar-refractivity contribution >= 4 is 0 Å². The lowest BCUT2D eigenvalue weighted by Crippen LogP contribution is -2.43. The topological polar surface area (TPSA) is 35.2 Å².